The molecule has 0 amide bonds. The minimum Gasteiger partial charge on any atom is -0.316 e. The van der Waals surface area contributed by atoms with Crippen LogP contribution in [-0.4, -0.2) is 13.1 Å². The van der Waals surface area contributed by atoms with Crippen LogP contribution in [0, 0.1) is 5.92 Å². The Balaban J connectivity index is 2.06. The van der Waals surface area contributed by atoms with Crippen molar-refractivity contribution >= 4 is 11.3 Å². The molecule has 1 heterocycles. The van der Waals surface area contributed by atoms with Gasteiger partial charge in [0.25, 0.3) is 0 Å². The van der Waals surface area contributed by atoms with Crippen molar-refractivity contribution in [2.75, 3.05) is 13.1 Å². The van der Waals surface area contributed by atoms with Gasteiger partial charge in [0.05, 0.1) is 0 Å². The molecule has 1 atom stereocenters. The van der Waals surface area contributed by atoms with Gasteiger partial charge in [0, 0.05) is 0 Å². The van der Waals surface area contributed by atoms with Crippen LogP contribution in [0.4, 0.5) is 0 Å². The fourth-order valence-corrected chi connectivity index (χ4v) is 2.18. The number of hydrogen-bond acceptors (Lipinski definition) is 2. The maximum atomic E-state index is 3.47. The monoisotopic (exact) mass is 211 g/mol. The van der Waals surface area contributed by atoms with Gasteiger partial charge < -0.3 is 5.32 Å². The highest BCUT2D eigenvalue weighted by Crippen LogP contribution is 2.11. The first kappa shape index (κ1) is 11.7. The van der Waals surface area contributed by atoms with E-state index >= 15 is 0 Å². The Morgan fingerprint density at radius 1 is 1.50 bits per heavy atom. The van der Waals surface area contributed by atoms with Gasteiger partial charge in [-0.1, -0.05) is 13.8 Å². The van der Waals surface area contributed by atoms with Crippen molar-refractivity contribution in [2.24, 2.45) is 5.92 Å². The highest BCUT2D eigenvalue weighted by Gasteiger charge is 2.02. The van der Waals surface area contributed by atoms with Gasteiger partial charge in [0.1, 0.15) is 0 Å². The van der Waals surface area contributed by atoms with Crippen LogP contribution >= 0.6 is 11.3 Å². The third kappa shape index (κ3) is 4.77. The molecule has 1 unspecified atom stereocenters. The first-order valence-corrected chi connectivity index (χ1v) is 6.49. The summed E-state index contributed by atoms with van der Waals surface area (Å²) >= 11 is 1.80. The smallest absolute Gasteiger partial charge is 0.00230 e. The third-order valence-corrected chi connectivity index (χ3v) is 3.16. The summed E-state index contributed by atoms with van der Waals surface area (Å²) < 4.78 is 0. The highest BCUT2D eigenvalue weighted by atomic mass is 32.1. The predicted molar refractivity (Wildman–Crippen MR) is 65.0 cm³/mol. The van der Waals surface area contributed by atoms with Gasteiger partial charge >= 0.3 is 0 Å². The number of hydrogen-bond donors (Lipinski definition) is 1. The van der Waals surface area contributed by atoms with Crippen LogP contribution in [0.15, 0.2) is 16.8 Å². The van der Waals surface area contributed by atoms with Gasteiger partial charge in [0.15, 0.2) is 0 Å². The molecule has 0 aliphatic rings. The van der Waals surface area contributed by atoms with Crippen LogP contribution < -0.4 is 5.32 Å². The van der Waals surface area contributed by atoms with E-state index in [9.17, 15) is 0 Å². The van der Waals surface area contributed by atoms with Crippen molar-refractivity contribution < 1.29 is 0 Å². The summed E-state index contributed by atoms with van der Waals surface area (Å²) in [6, 6.07) is 2.23. The first-order valence-electron chi connectivity index (χ1n) is 5.54. The molecule has 1 rings (SSSR count). The zero-order valence-electron chi connectivity index (χ0n) is 9.25. The van der Waals surface area contributed by atoms with Crippen molar-refractivity contribution in [3.63, 3.8) is 0 Å². The van der Waals surface area contributed by atoms with E-state index in [2.05, 4.69) is 36.0 Å². The van der Waals surface area contributed by atoms with Crippen molar-refractivity contribution in [3.8, 4) is 0 Å². The standard InChI is InChI=1S/C12H21NS/c1-3-7-13-9-11(2)4-5-12-6-8-14-10-12/h6,8,10-11,13H,3-5,7,9H2,1-2H3. The lowest BCUT2D eigenvalue weighted by atomic mass is 10.0. The average molecular weight is 211 g/mol. The molecule has 1 aromatic heterocycles. The molecule has 14 heavy (non-hydrogen) atoms. The van der Waals surface area contributed by atoms with Crippen LogP contribution in [0.2, 0.25) is 0 Å². The normalized spacial score (nSPS) is 13.0. The Kier molecular flexibility index (Phi) is 5.88. The van der Waals surface area contributed by atoms with E-state index in [1.165, 1.54) is 24.8 Å². The van der Waals surface area contributed by atoms with E-state index in [4.69, 9.17) is 0 Å². The van der Waals surface area contributed by atoms with Crippen LogP contribution in [0.1, 0.15) is 32.3 Å². The summed E-state index contributed by atoms with van der Waals surface area (Å²) in [6.07, 6.45) is 3.77. The quantitative estimate of drug-likeness (QED) is 0.682. The van der Waals surface area contributed by atoms with Gasteiger partial charge in [-0.05, 0) is 60.7 Å². The second-order valence-electron chi connectivity index (χ2n) is 3.98. The van der Waals surface area contributed by atoms with Crippen LogP contribution in [-0.2, 0) is 6.42 Å². The first-order chi connectivity index (χ1) is 6.83. The fourth-order valence-electron chi connectivity index (χ4n) is 1.48. The number of thiophene rings is 1. The van der Waals surface area contributed by atoms with Gasteiger partial charge in [-0.15, -0.1) is 0 Å². The molecule has 0 saturated carbocycles. The summed E-state index contributed by atoms with van der Waals surface area (Å²) in [7, 11) is 0. The SMILES string of the molecule is CCCNCC(C)CCc1ccsc1. The van der Waals surface area contributed by atoms with E-state index in [0.29, 0.717) is 0 Å². The van der Waals surface area contributed by atoms with E-state index in [0.717, 1.165) is 19.0 Å². The van der Waals surface area contributed by atoms with Gasteiger partial charge in [-0.25, -0.2) is 0 Å². The molecule has 0 aliphatic heterocycles. The minimum atomic E-state index is 0.793. The second-order valence-corrected chi connectivity index (χ2v) is 4.76. The topological polar surface area (TPSA) is 12.0 Å². The summed E-state index contributed by atoms with van der Waals surface area (Å²) in [4.78, 5) is 0. The molecule has 0 spiro atoms. The van der Waals surface area contributed by atoms with E-state index in [1.807, 2.05) is 0 Å². The molecule has 0 fully saturated rings. The Morgan fingerprint density at radius 2 is 2.36 bits per heavy atom. The molecule has 1 aromatic rings. The van der Waals surface area contributed by atoms with Crippen molar-refractivity contribution in [2.45, 2.75) is 33.1 Å². The average Bonchev–Trinajstić information content (AvgIpc) is 2.68. The fraction of sp³-hybridized carbons (Fsp3) is 0.667. The zero-order valence-corrected chi connectivity index (χ0v) is 10.1. The van der Waals surface area contributed by atoms with Crippen LogP contribution in [0.25, 0.3) is 0 Å². The molecule has 0 aliphatic carbocycles. The summed E-state index contributed by atoms with van der Waals surface area (Å²) in [5, 5.41) is 7.89. The van der Waals surface area contributed by atoms with Crippen molar-refractivity contribution in [3.05, 3.63) is 22.4 Å². The van der Waals surface area contributed by atoms with Crippen molar-refractivity contribution in [1.82, 2.24) is 5.32 Å². The van der Waals surface area contributed by atoms with E-state index < -0.39 is 0 Å². The number of nitrogens with one attached hydrogen (secondary N) is 1. The number of aryl methyl sites for hydroxylation is 1. The predicted octanol–water partition coefficient (Wildman–Crippen LogP) is 3.32. The summed E-state index contributed by atoms with van der Waals surface area (Å²) in [5.74, 6) is 0.793. The molecular formula is C12H21NS. The minimum absolute atomic E-state index is 0.793. The molecule has 1 N–H and O–H groups in total. The summed E-state index contributed by atoms with van der Waals surface area (Å²) in [5.41, 5.74) is 1.50. The Bertz CT molecular complexity index is 218. The lowest BCUT2D eigenvalue weighted by Gasteiger charge is -2.11. The second kappa shape index (κ2) is 7.02. The molecular weight excluding hydrogens is 190 g/mol. The molecule has 0 radical (unpaired) electrons. The lowest BCUT2D eigenvalue weighted by molar-refractivity contribution is 0.482. The molecule has 0 bridgehead atoms. The maximum absolute atomic E-state index is 3.47. The molecule has 1 nitrogen and oxygen atoms in total. The van der Waals surface area contributed by atoms with Crippen LogP contribution in [0.3, 0.4) is 0 Å². The zero-order chi connectivity index (χ0) is 10.2. The van der Waals surface area contributed by atoms with E-state index in [1.54, 1.807) is 11.3 Å². The molecule has 80 valence electrons. The molecule has 2 heteroatoms. The van der Waals surface area contributed by atoms with Gasteiger partial charge in [-0.3, -0.25) is 0 Å². The maximum Gasteiger partial charge on any atom is -0.00230 e. The van der Waals surface area contributed by atoms with Gasteiger partial charge in [-0.2, -0.15) is 11.3 Å². The largest absolute Gasteiger partial charge is 0.316 e. The highest BCUT2D eigenvalue weighted by molar-refractivity contribution is 7.07. The Hall–Kier alpha value is -0.340. The summed E-state index contributed by atoms with van der Waals surface area (Å²) in [6.45, 7) is 6.86. The Morgan fingerprint density at radius 3 is 3.00 bits per heavy atom. The van der Waals surface area contributed by atoms with E-state index in [-0.39, 0.29) is 0 Å². The lowest BCUT2D eigenvalue weighted by Crippen LogP contribution is -2.22. The molecule has 0 saturated heterocycles. The van der Waals surface area contributed by atoms with Crippen LogP contribution in [0.5, 0.6) is 0 Å². The Labute approximate surface area is 91.5 Å². The van der Waals surface area contributed by atoms with Crippen molar-refractivity contribution in [1.29, 1.82) is 0 Å². The molecule has 0 aromatic carbocycles. The number of rotatable bonds is 7. The van der Waals surface area contributed by atoms with Gasteiger partial charge in [0.2, 0.25) is 0 Å². The third-order valence-electron chi connectivity index (χ3n) is 2.43.